The van der Waals surface area contributed by atoms with E-state index in [9.17, 15) is 9.90 Å². The largest absolute Gasteiger partial charge is 0.481 e. The Labute approximate surface area is 114 Å². The summed E-state index contributed by atoms with van der Waals surface area (Å²) in [5.74, 6) is -1.30. The van der Waals surface area contributed by atoms with Crippen LogP contribution in [0.5, 0.6) is 0 Å². The van der Waals surface area contributed by atoms with Gasteiger partial charge in [0.25, 0.3) is 0 Å². The van der Waals surface area contributed by atoms with Crippen LogP contribution in [0.25, 0.3) is 0 Å². The number of unbranched alkanes of at least 4 members (excludes halogenated alkanes) is 1. The van der Waals surface area contributed by atoms with Crippen LogP contribution in [-0.4, -0.2) is 37.4 Å². The van der Waals surface area contributed by atoms with E-state index in [0.717, 1.165) is 25.0 Å². The standard InChI is InChI=1S/C15H23NO3/c1-2-3-10-19-11-9-16-12-14(15(17)18)13-7-5-4-6-8-13/h4-8,14,16H,2-3,9-12H2,1H3,(H,17,18). The predicted molar refractivity (Wildman–Crippen MR) is 75.4 cm³/mol. The summed E-state index contributed by atoms with van der Waals surface area (Å²) in [6.07, 6.45) is 2.20. The Balaban J connectivity index is 2.26. The number of ether oxygens (including phenoxy) is 1. The SMILES string of the molecule is CCCCOCCNCC(C(=O)O)c1ccccc1. The van der Waals surface area contributed by atoms with Crippen LogP contribution in [0, 0.1) is 0 Å². The van der Waals surface area contributed by atoms with Gasteiger partial charge in [0.1, 0.15) is 0 Å². The Morgan fingerprint density at radius 3 is 2.68 bits per heavy atom. The lowest BCUT2D eigenvalue weighted by molar-refractivity contribution is -0.138. The molecule has 0 saturated carbocycles. The molecule has 0 spiro atoms. The molecule has 1 aromatic carbocycles. The Hall–Kier alpha value is -1.39. The molecular formula is C15H23NO3. The summed E-state index contributed by atoms with van der Waals surface area (Å²) < 4.78 is 5.41. The number of rotatable bonds is 10. The first-order valence-corrected chi connectivity index (χ1v) is 6.82. The number of hydrogen-bond donors (Lipinski definition) is 2. The molecule has 0 heterocycles. The van der Waals surface area contributed by atoms with Gasteiger partial charge in [-0.3, -0.25) is 4.79 Å². The van der Waals surface area contributed by atoms with Crippen LogP contribution in [-0.2, 0) is 9.53 Å². The van der Waals surface area contributed by atoms with Gasteiger partial charge in [-0.15, -0.1) is 0 Å². The number of carbonyl (C=O) groups is 1. The molecule has 0 bridgehead atoms. The second-order valence-electron chi connectivity index (χ2n) is 4.47. The first-order valence-electron chi connectivity index (χ1n) is 6.82. The van der Waals surface area contributed by atoms with E-state index in [-0.39, 0.29) is 0 Å². The van der Waals surface area contributed by atoms with Crippen molar-refractivity contribution >= 4 is 5.97 Å². The fourth-order valence-corrected chi connectivity index (χ4v) is 1.77. The minimum absolute atomic E-state index is 0.427. The fourth-order valence-electron chi connectivity index (χ4n) is 1.77. The van der Waals surface area contributed by atoms with Crippen molar-refractivity contribution in [1.29, 1.82) is 0 Å². The summed E-state index contributed by atoms with van der Waals surface area (Å²) in [7, 11) is 0. The maximum Gasteiger partial charge on any atom is 0.312 e. The third-order valence-electron chi connectivity index (χ3n) is 2.91. The van der Waals surface area contributed by atoms with Crippen molar-refractivity contribution in [1.82, 2.24) is 5.32 Å². The maximum atomic E-state index is 11.2. The highest BCUT2D eigenvalue weighted by Crippen LogP contribution is 2.14. The number of hydrogen-bond acceptors (Lipinski definition) is 3. The van der Waals surface area contributed by atoms with Crippen molar-refractivity contribution in [2.75, 3.05) is 26.3 Å². The quantitative estimate of drug-likeness (QED) is 0.637. The molecular weight excluding hydrogens is 242 g/mol. The van der Waals surface area contributed by atoms with Gasteiger partial charge < -0.3 is 15.2 Å². The molecule has 0 radical (unpaired) electrons. The molecule has 19 heavy (non-hydrogen) atoms. The predicted octanol–water partition coefficient (Wildman–Crippen LogP) is 2.26. The number of carboxylic acids is 1. The Morgan fingerprint density at radius 1 is 1.32 bits per heavy atom. The summed E-state index contributed by atoms with van der Waals surface area (Å²) in [5.41, 5.74) is 0.828. The molecule has 2 N–H and O–H groups in total. The highest BCUT2D eigenvalue weighted by atomic mass is 16.5. The van der Waals surface area contributed by atoms with Crippen LogP contribution in [0.3, 0.4) is 0 Å². The van der Waals surface area contributed by atoms with Crippen LogP contribution in [0.15, 0.2) is 30.3 Å². The summed E-state index contributed by atoms with van der Waals surface area (Å²) in [4.78, 5) is 11.2. The molecule has 0 aromatic heterocycles. The Bertz CT molecular complexity index is 354. The molecule has 106 valence electrons. The normalized spacial score (nSPS) is 12.3. The highest BCUT2D eigenvalue weighted by molar-refractivity contribution is 5.76. The fraction of sp³-hybridized carbons (Fsp3) is 0.533. The van der Waals surface area contributed by atoms with Gasteiger partial charge in [-0.1, -0.05) is 43.7 Å². The minimum atomic E-state index is -0.800. The van der Waals surface area contributed by atoms with Gasteiger partial charge in [0, 0.05) is 19.7 Å². The van der Waals surface area contributed by atoms with E-state index in [2.05, 4.69) is 12.2 Å². The molecule has 0 aliphatic heterocycles. The van der Waals surface area contributed by atoms with Gasteiger partial charge in [-0.2, -0.15) is 0 Å². The highest BCUT2D eigenvalue weighted by Gasteiger charge is 2.18. The van der Waals surface area contributed by atoms with E-state index in [0.29, 0.717) is 19.7 Å². The average Bonchev–Trinajstić information content (AvgIpc) is 2.42. The van der Waals surface area contributed by atoms with Crippen LogP contribution < -0.4 is 5.32 Å². The Kier molecular flexibility index (Phi) is 7.86. The van der Waals surface area contributed by atoms with Crippen molar-refractivity contribution in [2.45, 2.75) is 25.7 Å². The molecule has 0 amide bonds. The first-order chi connectivity index (χ1) is 9.25. The summed E-state index contributed by atoms with van der Waals surface area (Å²) in [6.45, 7) is 4.64. The molecule has 0 fully saturated rings. The maximum absolute atomic E-state index is 11.2. The third kappa shape index (κ3) is 6.36. The van der Waals surface area contributed by atoms with Gasteiger partial charge in [0.2, 0.25) is 0 Å². The number of nitrogens with one attached hydrogen (secondary N) is 1. The van der Waals surface area contributed by atoms with E-state index in [1.165, 1.54) is 0 Å². The van der Waals surface area contributed by atoms with Gasteiger partial charge in [0.05, 0.1) is 12.5 Å². The van der Waals surface area contributed by atoms with Crippen LogP contribution in [0.4, 0.5) is 0 Å². The monoisotopic (exact) mass is 265 g/mol. The zero-order valence-electron chi connectivity index (χ0n) is 11.5. The van der Waals surface area contributed by atoms with Gasteiger partial charge in [-0.25, -0.2) is 0 Å². The van der Waals surface area contributed by atoms with E-state index in [1.807, 2.05) is 30.3 Å². The zero-order chi connectivity index (χ0) is 13.9. The van der Waals surface area contributed by atoms with E-state index in [4.69, 9.17) is 4.74 Å². The van der Waals surface area contributed by atoms with Gasteiger partial charge >= 0.3 is 5.97 Å². The molecule has 1 unspecified atom stereocenters. The topological polar surface area (TPSA) is 58.6 Å². The molecule has 4 nitrogen and oxygen atoms in total. The number of aliphatic carboxylic acids is 1. The summed E-state index contributed by atoms with van der Waals surface area (Å²) in [6, 6.07) is 9.30. The molecule has 0 aliphatic rings. The van der Waals surface area contributed by atoms with Crippen molar-refractivity contribution < 1.29 is 14.6 Å². The number of benzene rings is 1. The molecule has 1 aromatic rings. The smallest absolute Gasteiger partial charge is 0.312 e. The van der Waals surface area contributed by atoms with Crippen molar-refractivity contribution in [2.24, 2.45) is 0 Å². The number of carboxylic acid groups (broad SMARTS) is 1. The molecule has 1 atom stereocenters. The second-order valence-corrected chi connectivity index (χ2v) is 4.47. The van der Waals surface area contributed by atoms with Crippen molar-refractivity contribution in [3.05, 3.63) is 35.9 Å². The molecule has 4 heteroatoms. The minimum Gasteiger partial charge on any atom is -0.481 e. The first kappa shape index (κ1) is 15.7. The van der Waals surface area contributed by atoms with Gasteiger partial charge in [-0.05, 0) is 12.0 Å². The Morgan fingerprint density at radius 2 is 2.05 bits per heavy atom. The van der Waals surface area contributed by atoms with Crippen molar-refractivity contribution in [3.63, 3.8) is 0 Å². The van der Waals surface area contributed by atoms with Crippen LogP contribution >= 0.6 is 0 Å². The summed E-state index contributed by atoms with van der Waals surface area (Å²) >= 11 is 0. The van der Waals surface area contributed by atoms with Crippen LogP contribution in [0.2, 0.25) is 0 Å². The zero-order valence-corrected chi connectivity index (χ0v) is 11.5. The van der Waals surface area contributed by atoms with E-state index in [1.54, 1.807) is 0 Å². The summed E-state index contributed by atoms with van der Waals surface area (Å²) in [5, 5.41) is 12.4. The molecule has 0 aliphatic carbocycles. The van der Waals surface area contributed by atoms with Gasteiger partial charge in [0.15, 0.2) is 0 Å². The molecule has 1 rings (SSSR count). The van der Waals surface area contributed by atoms with E-state index >= 15 is 0 Å². The average molecular weight is 265 g/mol. The lowest BCUT2D eigenvalue weighted by Crippen LogP contribution is -2.29. The molecule has 0 saturated heterocycles. The third-order valence-corrected chi connectivity index (χ3v) is 2.91. The lowest BCUT2D eigenvalue weighted by atomic mass is 9.99. The second kappa shape index (κ2) is 9.53. The lowest BCUT2D eigenvalue weighted by Gasteiger charge is -2.13. The van der Waals surface area contributed by atoms with Crippen molar-refractivity contribution in [3.8, 4) is 0 Å². The van der Waals surface area contributed by atoms with Crippen LogP contribution in [0.1, 0.15) is 31.2 Å². The van der Waals surface area contributed by atoms with E-state index < -0.39 is 11.9 Å².